The lowest BCUT2D eigenvalue weighted by Crippen LogP contribution is -2.50. The van der Waals surface area contributed by atoms with Crippen LogP contribution in [0.15, 0.2) is 51.8 Å². The highest BCUT2D eigenvalue weighted by Crippen LogP contribution is 2.29. The highest BCUT2D eigenvalue weighted by molar-refractivity contribution is 7.89. The van der Waals surface area contributed by atoms with Gasteiger partial charge in [0.25, 0.3) is 5.91 Å². The van der Waals surface area contributed by atoms with Gasteiger partial charge in [0.2, 0.25) is 15.9 Å². The molecule has 0 radical (unpaired) electrons. The van der Waals surface area contributed by atoms with Crippen molar-refractivity contribution in [1.29, 1.82) is 0 Å². The van der Waals surface area contributed by atoms with E-state index in [1.54, 1.807) is 25.1 Å². The van der Waals surface area contributed by atoms with Crippen LogP contribution in [0.5, 0.6) is 11.5 Å². The second-order valence-corrected chi connectivity index (χ2v) is 10.0. The molecular formula is C24H27N5O8S. The van der Waals surface area contributed by atoms with Gasteiger partial charge in [0.05, 0.1) is 25.7 Å². The van der Waals surface area contributed by atoms with Crippen LogP contribution < -0.4 is 14.8 Å². The number of methoxy groups -OCH3 is 2. The highest BCUT2D eigenvalue weighted by Gasteiger charge is 2.30. The molecule has 2 amide bonds. The van der Waals surface area contributed by atoms with Crippen LogP contribution in [-0.4, -0.2) is 86.8 Å². The lowest BCUT2D eigenvalue weighted by Gasteiger charge is -2.33. The number of ether oxygens (including phenoxy) is 3. The summed E-state index contributed by atoms with van der Waals surface area (Å²) in [6.45, 7) is 2.70. The van der Waals surface area contributed by atoms with Crippen LogP contribution in [0.25, 0.3) is 11.5 Å². The van der Waals surface area contributed by atoms with Crippen molar-refractivity contribution in [2.75, 3.05) is 52.3 Å². The predicted molar refractivity (Wildman–Crippen MR) is 135 cm³/mol. The molecule has 0 saturated carbocycles. The van der Waals surface area contributed by atoms with Crippen LogP contribution in [0.4, 0.5) is 10.8 Å². The number of sulfonamides is 1. The van der Waals surface area contributed by atoms with Gasteiger partial charge >= 0.3 is 12.1 Å². The second-order valence-electron chi connectivity index (χ2n) is 8.08. The number of anilines is 1. The number of benzene rings is 2. The summed E-state index contributed by atoms with van der Waals surface area (Å²) in [4.78, 5) is 26.0. The zero-order chi connectivity index (χ0) is 27.3. The first-order valence-electron chi connectivity index (χ1n) is 11.7. The van der Waals surface area contributed by atoms with E-state index in [9.17, 15) is 18.0 Å². The molecule has 1 fully saturated rings. The van der Waals surface area contributed by atoms with Crippen LogP contribution in [0, 0.1) is 0 Å². The highest BCUT2D eigenvalue weighted by atomic mass is 32.2. The van der Waals surface area contributed by atoms with Gasteiger partial charge < -0.3 is 23.5 Å². The van der Waals surface area contributed by atoms with Gasteiger partial charge in [0, 0.05) is 43.4 Å². The van der Waals surface area contributed by atoms with Gasteiger partial charge in [0.15, 0.2) is 0 Å². The normalized spacial score (nSPS) is 14.1. The average molecular weight is 546 g/mol. The number of amides is 2. The van der Waals surface area contributed by atoms with E-state index in [0.717, 1.165) is 0 Å². The van der Waals surface area contributed by atoms with Crippen LogP contribution in [0.3, 0.4) is 0 Å². The molecule has 1 aromatic heterocycles. The first kappa shape index (κ1) is 26.9. The summed E-state index contributed by atoms with van der Waals surface area (Å²) in [5.41, 5.74) is 0.728. The van der Waals surface area contributed by atoms with Crippen molar-refractivity contribution in [3.05, 3.63) is 48.0 Å². The third-order valence-corrected chi connectivity index (χ3v) is 7.68. The van der Waals surface area contributed by atoms with Crippen molar-refractivity contribution < 1.29 is 36.6 Å². The summed E-state index contributed by atoms with van der Waals surface area (Å²) in [6, 6.07) is 10.4. The molecule has 0 aliphatic carbocycles. The van der Waals surface area contributed by atoms with E-state index >= 15 is 0 Å². The summed E-state index contributed by atoms with van der Waals surface area (Å²) < 4.78 is 48.3. The molecule has 3 aromatic rings. The fourth-order valence-electron chi connectivity index (χ4n) is 3.74. The van der Waals surface area contributed by atoms with Crippen molar-refractivity contribution in [2.45, 2.75) is 11.8 Å². The van der Waals surface area contributed by atoms with Gasteiger partial charge in [-0.3, -0.25) is 10.1 Å². The van der Waals surface area contributed by atoms with Gasteiger partial charge in [-0.25, -0.2) is 13.2 Å². The molecule has 0 unspecified atom stereocenters. The lowest BCUT2D eigenvalue weighted by molar-refractivity contribution is 0.0933. The van der Waals surface area contributed by atoms with Gasteiger partial charge in [-0.1, -0.05) is 5.10 Å². The summed E-state index contributed by atoms with van der Waals surface area (Å²) in [6.07, 6.45) is -0.462. The van der Waals surface area contributed by atoms with E-state index < -0.39 is 22.0 Å². The van der Waals surface area contributed by atoms with E-state index in [0.29, 0.717) is 17.1 Å². The van der Waals surface area contributed by atoms with Crippen LogP contribution in [0.2, 0.25) is 0 Å². The predicted octanol–water partition coefficient (Wildman–Crippen LogP) is 2.47. The number of carbonyl (C=O) groups excluding carboxylic acids is 2. The van der Waals surface area contributed by atoms with E-state index in [1.807, 2.05) is 0 Å². The van der Waals surface area contributed by atoms with Crippen LogP contribution >= 0.6 is 0 Å². The molecular weight excluding hydrogens is 518 g/mol. The number of hydrogen-bond acceptors (Lipinski definition) is 10. The molecule has 1 N–H and O–H groups in total. The molecule has 0 atom stereocenters. The standard InChI is InChI=1S/C24H27N5O8S/c1-4-36-24(31)28-9-11-29(12-10-28)38(32,33)20-7-5-16(6-8-20)21(30)25-23-27-26-22(37-23)17-13-18(34-2)15-19(14-17)35-3/h5-8,13-15H,4,9-12H2,1-3H3,(H,25,27,30). The Hall–Kier alpha value is -4.17. The Morgan fingerprint density at radius 3 is 2.18 bits per heavy atom. The minimum Gasteiger partial charge on any atom is -0.497 e. The summed E-state index contributed by atoms with van der Waals surface area (Å²) in [7, 11) is -0.773. The maximum absolute atomic E-state index is 13.0. The second kappa shape index (κ2) is 11.5. The third kappa shape index (κ3) is 5.86. The Bertz CT molecular complexity index is 1380. The van der Waals surface area contributed by atoms with Crippen molar-refractivity contribution in [2.24, 2.45) is 0 Å². The fraction of sp³-hybridized carbons (Fsp3) is 0.333. The van der Waals surface area contributed by atoms with Crippen LogP contribution in [-0.2, 0) is 14.8 Å². The van der Waals surface area contributed by atoms with E-state index in [2.05, 4.69) is 15.5 Å². The van der Waals surface area contributed by atoms with E-state index in [1.165, 1.54) is 47.7 Å². The molecule has 14 heteroatoms. The largest absolute Gasteiger partial charge is 0.497 e. The first-order valence-corrected chi connectivity index (χ1v) is 13.1. The molecule has 2 aromatic carbocycles. The minimum absolute atomic E-state index is 0.0330. The number of rotatable bonds is 8. The summed E-state index contributed by atoms with van der Waals surface area (Å²) >= 11 is 0. The van der Waals surface area contributed by atoms with Crippen molar-refractivity contribution in [3.63, 3.8) is 0 Å². The maximum atomic E-state index is 13.0. The fourth-order valence-corrected chi connectivity index (χ4v) is 5.17. The maximum Gasteiger partial charge on any atom is 0.409 e. The third-order valence-electron chi connectivity index (χ3n) is 5.76. The number of carbonyl (C=O) groups is 2. The number of nitrogens with zero attached hydrogens (tertiary/aromatic N) is 4. The van der Waals surface area contributed by atoms with Gasteiger partial charge in [0.1, 0.15) is 11.5 Å². The van der Waals surface area contributed by atoms with E-state index in [4.69, 9.17) is 18.6 Å². The van der Waals surface area contributed by atoms with Crippen molar-refractivity contribution in [1.82, 2.24) is 19.4 Å². The smallest absolute Gasteiger partial charge is 0.409 e. The van der Waals surface area contributed by atoms with Crippen LogP contribution in [0.1, 0.15) is 17.3 Å². The molecule has 1 saturated heterocycles. The van der Waals surface area contributed by atoms with Crippen molar-refractivity contribution in [3.8, 4) is 23.0 Å². The Labute approximate surface area is 219 Å². The Morgan fingerprint density at radius 2 is 1.61 bits per heavy atom. The topological polar surface area (TPSA) is 153 Å². The summed E-state index contributed by atoms with van der Waals surface area (Å²) in [5.74, 6) is 0.635. The quantitative estimate of drug-likeness (QED) is 0.446. The lowest BCUT2D eigenvalue weighted by atomic mass is 10.2. The molecule has 0 bridgehead atoms. The zero-order valence-corrected chi connectivity index (χ0v) is 21.9. The molecule has 38 heavy (non-hydrogen) atoms. The summed E-state index contributed by atoms with van der Waals surface area (Å²) in [5, 5.41) is 10.3. The van der Waals surface area contributed by atoms with Gasteiger partial charge in [-0.15, -0.1) is 5.10 Å². The molecule has 1 aliphatic heterocycles. The Morgan fingerprint density at radius 1 is 0.974 bits per heavy atom. The molecule has 13 nitrogen and oxygen atoms in total. The zero-order valence-electron chi connectivity index (χ0n) is 21.0. The SMILES string of the molecule is CCOC(=O)N1CCN(S(=O)(=O)c2ccc(C(=O)Nc3nnc(-c4cc(OC)cc(OC)c4)o3)cc2)CC1. The van der Waals surface area contributed by atoms with Gasteiger partial charge in [-0.2, -0.15) is 4.31 Å². The monoisotopic (exact) mass is 545 g/mol. The average Bonchev–Trinajstić information content (AvgIpc) is 3.41. The van der Waals surface area contributed by atoms with Crippen molar-refractivity contribution >= 4 is 28.0 Å². The van der Waals surface area contributed by atoms with Gasteiger partial charge in [-0.05, 0) is 43.3 Å². The molecule has 202 valence electrons. The van der Waals surface area contributed by atoms with E-state index in [-0.39, 0.29) is 55.2 Å². The molecule has 1 aliphatic rings. The number of piperazine rings is 1. The minimum atomic E-state index is -3.80. The Balaban J connectivity index is 1.40. The number of nitrogens with one attached hydrogen (secondary N) is 1. The Kier molecular flexibility index (Phi) is 8.12. The number of hydrogen-bond donors (Lipinski definition) is 1. The molecule has 4 rings (SSSR count). The molecule has 2 heterocycles. The molecule has 0 spiro atoms. The first-order chi connectivity index (χ1) is 18.2. The number of aromatic nitrogens is 2.